The monoisotopic (exact) mass is 312 g/mol. The second-order valence-corrected chi connectivity index (χ2v) is 6.57. The maximum absolute atomic E-state index is 11.6. The van der Waals surface area contributed by atoms with Gasteiger partial charge in [0, 0.05) is 10.9 Å². The van der Waals surface area contributed by atoms with Gasteiger partial charge >= 0.3 is 0 Å². The minimum absolute atomic E-state index is 0.275. The molecule has 0 spiro atoms. The predicted octanol–water partition coefficient (Wildman–Crippen LogP) is 2.74. The number of hydrogen-bond acceptors (Lipinski definition) is 4. The molecule has 23 heavy (non-hydrogen) atoms. The number of ether oxygens (including phenoxy) is 2. The molecule has 2 fully saturated rings. The molecule has 0 radical (unpaired) electrons. The van der Waals surface area contributed by atoms with Gasteiger partial charge in [0.1, 0.15) is 5.69 Å². The smallest absolute Gasteiger partial charge is 0.267 e. The van der Waals surface area contributed by atoms with E-state index in [4.69, 9.17) is 15.2 Å². The van der Waals surface area contributed by atoms with Crippen LogP contribution in [0.25, 0.3) is 10.9 Å². The van der Waals surface area contributed by atoms with Crippen LogP contribution in [0, 0.1) is 6.92 Å². The van der Waals surface area contributed by atoms with Crippen molar-refractivity contribution in [2.24, 2.45) is 5.73 Å². The fourth-order valence-electron chi connectivity index (χ4n) is 3.31. The lowest BCUT2D eigenvalue weighted by Crippen LogP contribution is -2.24. The summed E-state index contributed by atoms with van der Waals surface area (Å²) < 4.78 is 11.7. The normalized spacial score (nSPS) is 20.1. The van der Waals surface area contributed by atoms with E-state index in [0.29, 0.717) is 19.1 Å². The quantitative estimate of drug-likeness (QED) is 0.945. The molecule has 5 heteroatoms. The van der Waals surface area contributed by atoms with E-state index in [0.717, 1.165) is 22.0 Å². The number of primary amides is 1. The lowest BCUT2D eigenvalue weighted by molar-refractivity contribution is -0.148. The molecule has 1 amide bonds. The van der Waals surface area contributed by atoms with E-state index in [9.17, 15) is 4.79 Å². The second kappa shape index (κ2) is 5.01. The first-order chi connectivity index (χ1) is 11.0. The summed E-state index contributed by atoms with van der Waals surface area (Å²) in [4.78, 5) is 16.1. The molecule has 2 aromatic rings. The van der Waals surface area contributed by atoms with Gasteiger partial charge in [-0.15, -0.1) is 0 Å². The average Bonchev–Trinajstić information content (AvgIpc) is 3.28. The lowest BCUT2D eigenvalue weighted by atomic mass is 9.95. The molecule has 2 heterocycles. The number of carbonyl (C=O) groups is 1. The fraction of sp³-hybridized carbons (Fsp3) is 0.444. The van der Waals surface area contributed by atoms with Gasteiger partial charge in [-0.2, -0.15) is 0 Å². The van der Waals surface area contributed by atoms with Crippen LogP contribution in [-0.4, -0.2) is 24.1 Å². The second-order valence-electron chi connectivity index (χ2n) is 6.57. The highest BCUT2D eigenvalue weighted by molar-refractivity contribution is 5.96. The van der Waals surface area contributed by atoms with Gasteiger partial charge in [-0.25, -0.2) is 4.98 Å². The summed E-state index contributed by atoms with van der Waals surface area (Å²) in [7, 11) is 0. The third-order valence-electron chi connectivity index (χ3n) is 4.77. The largest absolute Gasteiger partial charge is 0.364 e. The van der Waals surface area contributed by atoms with E-state index >= 15 is 0 Å². The topological polar surface area (TPSA) is 74.4 Å². The molecule has 1 aliphatic carbocycles. The molecule has 0 atom stereocenters. The molecule has 2 N–H and O–H groups in total. The van der Waals surface area contributed by atoms with E-state index in [1.807, 2.05) is 13.8 Å². The van der Waals surface area contributed by atoms with E-state index in [2.05, 4.69) is 17.1 Å². The molecule has 1 saturated carbocycles. The van der Waals surface area contributed by atoms with E-state index in [1.54, 1.807) is 6.07 Å². The van der Waals surface area contributed by atoms with Crippen molar-refractivity contribution in [3.63, 3.8) is 0 Å². The molecule has 0 unspecified atom stereocenters. The van der Waals surface area contributed by atoms with Crippen molar-refractivity contribution in [2.75, 3.05) is 13.2 Å². The molecular weight excluding hydrogens is 292 g/mol. The van der Waals surface area contributed by atoms with Crippen LogP contribution in [0.4, 0.5) is 0 Å². The first-order valence-corrected chi connectivity index (χ1v) is 8.01. The number of hydrogen-bond donors (Lipinski definition) is 1. The Hall–Kier alpha value is -1.98. The van der Waals surface area contributed by atoms with Crippen LogP contribution in [0.5, 0.6) is 0 Å². The number of nitrogens with two attached hydrogens (primary N) is 1. The van der Waals surface area contributed by atoms with Gasteiger partial charge in [-0.1, -0.05) is 0 Å². The SMILES string of the molecule is Cc1cc(C(N)=O)nc2c(C3(C)OCCO3)cc(C3CC3)cc12. The van der Waals surface area contributed by atoms with Crippen LogP contribution in [0.2, 0.25) is 0 Å². The molecule has 1 aliphatic heterocycles. The van der Waals surface area contributed by atoms with Crippen LogP contribution < -0.4 is 5.73 Å². The molecule has 1 aromatic heterocycles. The van der Waals surface area contributed by atoms with Crippen molar-refractivity contribution in [2.45, 2.75) is 38.4 Å². The van der Waals surface area contributed by atoms with Crippen molar-refractivity contribution in [3.8, 4) is 0 Å². The van der Waals surface area contributed by atoms with Crippen LogP contribution in [0.3, 0.4) is 0 Å². The summed E-state index contributed by atoms with van der Waals surface area (Å²) in [5.74, 6) is -0.734. The third kappa shape index (κ3) is 2.40. The summed E-state index contributed by atoms with van der Waals surface area (Å²) in [5.41, 5.74) is 9.63. The van der Waals surface area contributed by atoms with Crippen LogP contribution >= 0.6 is 0 Å². The zero-order chi connectivity index (χ0) is 16.2. The van der Waals surface area contributed by atoms with Crippen LogP contribution in [0.1, 0.15) is 52.9 Å². The number of aryl methyl sites for hydroxylation is 1. The number of amides is 1. The van der Waals surface area contributed by atoms with E-state index in [1.165, 1.54) is 18.4 Å². The summed E-state index contributed by atoms with van der Waals surface area (Å²) in [6.45, 7) is 5.01. The minimum atomic E-state index is -0.821. The third-order valence-corrected chi connectivity index (χ3v) is 4.77. The average molecular weight is 312 g/mol. The number of nitrogens with zero attached hydrogens (tertiary/aromatic N) is 1. The van der Waals surface area contributed by atoms with Gasteiger partial charge in [0.2, 0.25) is 0 Å². The highest BCUT2D eigenvalue weighted by atomic mass is 16.7. The Morgan fingerprint density at radius 3 is 2.57 bits per heavy atom. The summed E-state index contributed by atoms with van der Waals surface area (Å²) in [5, 5.41) is 1.04. The maximum Gasteiger partial charge on any atom is 0.267 e. The van der Waals surface area contributed by atoms with Crippen molar-refractivity contribution in [3.05, 3.63) is 40.6 Å². The summed E-state index contributed by atoms with van der Waals surface area (Å²) in [6, 6.07) is 6.06. The molecule has 1 saturated heterocycles. The lowest BCUT2D eigenvalue weighted by Gasteiger charge is -2.25. The number of carbonyl (C=O) groups excluding carboxylic acids is 1. The van der Waals surface area contributed by atoms with Crippen molar-refractivity contribution in [1.29, 1.82) is 0 Å². The van der Waals surface area contributed by atoms with Crippen molar-refractivity contribution in [1.82, 2.24) is 4.98 Å². The number of benzene rings is 1. The molecule has 5 nitrogen and oxygen atoms in total. The van der Waals surface area contributed by atoms with Crippen molar-refractivity contribution < 1.29 is 14.3 Å². The van der Waals surface area contributed by atoms with Gasteiger partial charge in [-0.3, -0.25) is 4.79 Å². The number of aromatic nitrogens is 1. The van der Waals surface area contributed by atoms with Crippen LogP contribution in [-0.2, 0) is 15.3 Å². The Balaban J connectivity index is 2.02. The van der Waals surface area contributed by atoms with E-state index < -0.39 is 11.7 Å². The summed E-state index contributed by atoms with van der Waals surface area (Å²) in [6.07, 6.45) is 2.43. The van der Waals surface area contributed by atoms with Gasteiger partial charge in [0.15, 0.2) is 5.79 Å². The molecule has 2 aliphatic rings. The highest BCUT2D eigenvalue weighted by Gasteiger charge is 2.37. The van der Waals surface area contributed by atoms with Gasteiger partial charge in [0.25, 0.3) is 5.91 Å². The summed E-state index contributed by atoms with van der Waals surface area (Å²) >= 11 is 0. The molecular formula is C18H20N2O3. The first-order valence-electron chi connectivity index (χ1n) is 8.01. The minimum Gasteiger partial charge on any atom is -0.364 e. The van der Waals surface area contributed by atoms with Gasteiger partial charge in [-0.05, 0) is 61.9 Å². The Morgan fingerprint density at radius 2 is 1.96 bits per heavy atom. The molecule has 4 rings (SSSR count). The Bertz CT molecular complexity index is 806. The zero-order valence-corrected chi connectivity index (χ0v) is 13.4. The molecule has 1 aromatic carbocycles. The van der Waals surface area contributed by atoms with Crippen LogP contribution in [0.15, 0.2) is 18.2 Å². The number of pyridine rings is 1. The van der Waals surface area contributed by atoms with Gasteiger partial charge < -0.3 is 15.2 Å². The molecule has 0 bridgehead atoms. The fourth-order valence-corrected chi connectivity index (χ4v) is 3.31. The van der Waals surface area contributed by atoms with E-state index in [-0.39, 0.29) is 5.69 Å². The van der Waals surface area contributed by atoms with Gasteiger partial charge in [0.05, 0.1) is 18.7 Å². The van der Waals surface area contributed by atoms with Crippen molar-refractivity contribution >= 4 is 16.8 Å². The predicted molar refractivity (Wildman–Crippen MR) is 86.2 cm³/mol. The standard InChI is InChI=1S/C18H20N2O3/c1-10-7-15(17(19)21)20-16-13(10)8-12(11-3-4-11)9-14(16)18(2)22-5-6-23-18/h7-9,11H,3-6H2,1-2H3,(H2,19,21). The number of fused-ring (bicyclic) bond motifs is 1. The number of rotatable bonds is 3. The maximum atomic E-state index is 11.6. The zero-order valence-electron chi connectivity index (χ0n) is 13.4. The molecule has 120 valence electrons. The highest BCUT2D eigenvalue weighted by Crippen LogP contribution is 2.44. The Morgan fingerprint density at radius 1 is 1.26 bits per heavy atom. The Kier molecular flexibility index (Phi) is 3.18. The Labute approximate surface area is 134 Å². The first kappa shape index (κ1) is 14.6.